The number of amides is 2. The van der Waals surface area contributed by atoms with Crippen LogP contribution in [0.25, 0.3) is 5.57 Å². The van der Waals surface area contributed by atoms with Gasteiger partial charge in [-0.2, -0.15) is 0 Å². The summed E-state index contributed by atoms with van der Waals surface area (Å²) in [5.74, 6) is 0.298. The third-order valence-corrected chi connectivity index (χ3v) is 6.01. The second kappa shape index (κ2) is 7.91. The van der Waals surface area contributed by atoms with E-state index in [0.717, 1.165) is 29.6 Å². The highest BCUT2D eigenvalue weighted by Gasteiger charge is 2.40. The Kier molecular flexibility index (Phi) is 5.33. The zero-order valence-electron chi connectivity index (χ0n) is 16.5. The van der Waals surface area contributed by atoms with Crippen LogP contribution in [0.3, 0.4) is 0 Å². The van der Waals surface area contributed by atoms with E-state index >= 15 is 0 Å². The van der Waals surface area contributed by atoms with Crippen molar-refractivity contribution in [1.82, 2.24) is 0 Å². The van der Waals surface area contributed by atoms with Gasteiger partial charge in [0, 0.05) is 24.3 Å². The molecule has 0 unspecified atom stereocenters. The van der Waals surface area contributed by atoms with E-state index < -0.39 is 11.8 Å². The summed E-state index contributed by atoms with van der Waals surface area (Å²) >= 11 is 6.30. The van der Waals surface area contributed by atoms with E-state index in [1.807, 2.05) is 12.1 Å². The Balaban J connectivity index is 1.60. The standard InChI is InChI=1S/C23H23ClN2O3/c1-15-11-13-25(14-12-15)16-7-9-17(10-8-16)26-22(27)20(21(24)23(26)28)18-5-3-4-6-19(18)29-2/h3-10,15H,11-14H2,1-2H3. The summed E-state index contributed by atoms with van der Waals surface area (Å²) in [5, 5.41) is -0.0893. The number of imide groups is 1. The molecule has 2 amide bonds. The average Bonchev–Trinajstić information content (AvgIpc) is 2.97. The molecule has 2 aliphatic heterocycles. The van der Waals surface area contributed by atoms with Gasteiger partial charge < -0.3 is 9.64 Å². The summed E-state index contributed by atoms with van der Waals surface area (Å²) in [4.78, 5) is 29.4. The summed E-state index contributed by atoms with van der Waals surface area (Å²) in [6, 6.07) is 14.6. The first-order chi connectivity index (χ1) is 14.0. The fourth-order valence-electron chi connectivity index (χ4n) is 3.90. The molecule has 2 aromatic rings. The topological polar surface area (TPSA) is 49.9 Å². The van der Waals surface area contributed by atoms with Crippen LogP contribution in [0.2, 0.25) is 0 Å². The number of nitrogens with zero attached hydrogens (tertiary/aromatic N) is 2. The number of rotatable bonds is 4. The van der Waals surface area contributed by atoms with Crippen LogP contribution in [0.4, 0.5) is 11.4 Å². The maximum absolute atomic E-state index is 13.1. The molecule has 5 nitrogen and oxygen atoms in total. The molecule has 0 aromatic heterocycles. The number of methoxy groups -OCH3 is 1. The fraction of sp³-hybridized carbons (Fsp3) is 0.304. The van der Waals surface area contributed by atoms with Crippen molar-refractivity contribution in [3.63, 3.8) is 0 Å². The van der Waals surface area contributed by atoms with Crippen molar-refractivity contribution in [3.8, 4) is 5.75 Å². The van der Waals surface area contributed by atoms with Gasteiger partial charge in [-0.1, -0.05) is 36.7 Å². The first kappa shape index (κ1) is 19.5. The van der Waals surface area contributed by atoms with Crippen LogP contribution in [0.15, 0.2) is 53.6 Å². The molecule has 0 bridgehead atoms. The van der Waals surface area contributed by atoms with Crippen LogP contribution in [0.1, 0.15) is 25.3 Å². The van der Waals surface area contributed by atoms with Crippen molar-refractivity contribution >= 4 is 40.4 Å². The maximum Gasteiger partial charge on any atom is 0.277 e. The third-order valence-electron chi connectivity index (χ3n) is 5.66. The van der Waals surface area contributed by atoms with Gasteiger partial charge in [-0.25, -0.2) is 4.90 Å². The number of halogens is 1. The molecule has 2 heterocycles. The third kappa shape index (κ3) is 3.51. The van der Waals surface area contributed by atoms with E-state index in [1.54, 1.807) is 36.4 Å². The molecule has 2 aromatic carbocycles. The van der Waals surface area contributed by atoms with Crippen LogP contribution < -0.4 is 14.5 Å². The summed E-state index contributed by atoms with van der Waals surface area (Å²) in [7, 11) is 1.52. The minimum atomic E-state index is -0.517. The summed E-state index contributed by atoms with van der Waals surface area (Å²) in [6.07, 6.45) is 2.35. The van der Waals surface area contributed by atoms with Crippen molar-refractivity contribution in [2.45, 2.75) is 19.8 Å². The Morgan fingerprint density at radius 1 is 0.931 bits per heavy atom. The maximum atomic E-state index is 13.1. The number of hydrogen-bond acceptors (Lipinski definition) is 4. The van der Waals surface area contributed by atoms with E-state index in [4.69, 9.17) is 16.3 Å². The molecule has 6 heteroatoms. The SMILES string of the molecule is COc1ccccc1C1=C(Cl)C(=O)N(c2ccc(N3CCC(C)CC3)cc2)C1=O. The van der Waals surface area contributed by atoms with Crippen molar-refractivity contribution < 1.29 is 14.3 Å². The number of para-hydroxylation sites is 1. The molecule has 0 atom stereocenters. The van der Waals surface area contributed by atoms with Gasteiger partial charge in [-0.3, -0.25) is 9.59 Å². The molecule has 1 fully saturated rings. The lowest BCUT2D eigenvalue weighted by Gasteiger charge is -2.32. The number of hydrogen-bond donors (Lipinski definition) is 0. The average molecular weight is 411 g/mol. The van der Waals surface area contributed by atoms with Crippen LogP contribution >= 0.6 is 11.6 Å². The van der Waals surface area contributed by atoms with Gasteiger partial charge in [-0.15, -0.1) is 0 Å². The smallest absolute Gasteiger partial charge is 0.277 e. The van der Waals surface area contributed by atoms with E-state index in [2.05, 4.69) is 11.8 Å². The Morgan fingerprint density at radius 3 is 2.21 bits per heavy atom. The second-order valence-corrected chi connectivity index (χ2v) is 7.90. The molecule has 0 spiro atoms. The van der Waals surface area contributed by atoms with Crippen molar-refractivity contribution in [2.75, 3.05) is 30.0 Å². The van der Waals surface area contributed by atoms with Crippen molar-refractivity contribution in [2.24, 2.45) is 5.92 Å². The molecule has 0 saturated carbocycles. The van der Waals surface area contributed by atoms with Crippen LogP contribution in [-0.4, -0.2) is 32.0 Å². The molecule has 150 valence electrons. The minimum absolute atomic E-state index is 0.0893. The monoisotopic (exact) mass is 410 g/mol. The van der Waals surface area contributed by atoms with Gasteiger partial charge in [0.2, 0.25) is 0 Å². The summed E-state index contributed by atoms with van der Waals surface area (Å²) < 4.78 is 5.34. The number of ether oxygens (including phenoxy) is 1. The van der Waals surface area contributed by atoms with Crippen LogP contribution in [0, 0.1) is 5.92 Å². The highest BCUT2D eigenvalue weighted by atomic mass is 35.5. The van der Waals surface area contributed by atoms with Crippen LogP contribution in [-0.2, 0) is 9.59 Å². The van der Waals surface area contributed by atoms with Gasteiger partial charge in [0.15, 0.2) is 0 Å². The Labute approximate surface area is 175 Å². The zero-order valence-corrected chi connectivity index (χ0v) is 17.3. The lowest BCUT2D eigenvalue weighted by atomic mass is 9.99. The molecule has 29 heavy (non-hydrogen) atoms. The van der Waals surface area contributed by atoms with E-state index in [1.165, 1.54) is 20.0 Å². The van der Waals surface area contributed by atoms with Gasteiger partial charge in [-0.05, 0) is 49.1 Å². The number of benzene rings is 2. The molecular weight excluding hydrogens is 388 g/mol. The van der Waals surface area contributed by atoms with E-state index in [-0.39, 0.29) is 10.6 Å². The van der Waals surface area contributed by atoms with Gasteiger partial charge in [0.25, 0.3) is 11.8 Å². The number of anilines is 2. The molecule has 0 radical (unpaired) electrons. The van der Waals surface area contributed by atoms with Crippen LogP contribution in [0.5, 0.6) is 5.75 Å². The highest BCUT2D eigenvalue weighted by molar-refractivity contribution is 6.60. The minimum Gasteiger partial charge on any atom is -0.496 e. The normalized spacial score (nSPS) is 18.0. The molecular formula is C23H23ClN2O3. The first-order valence-electron chi connectivity index (χ1n) is 9.78. The summed E-state index contributed by atoms with van der Waals surface area (Å²) in [5.41, 5.74) is 2.30. The molecule has 4 rings (SSSR count). The lowest BCUT2D eigenvalue weighted by molar-refractivity contribution is -0.119. The molecule has 0 N–H and O–H groups in total. The van der Waals surface area contributed by atoms with E-state index in [9.17, 15) is 9.59 Å². The van der Waals surface area contributed by atoms with Gasteiger partial charge >= 0.3 is 0 Å². The predicted molar refractivity (Wildman–Crippen MR) is 115 cm³/mol. The van der Waals surface area contributed by atoms with Crippen molar-refractivity contribution in [3.05, 3.63) is 59.1 Å². The largest absolute Gasteiger partial charge is 0.496 e. The molecule has 0 aliphatic carbocycles. The fourth-order valence-corrected chi connectivity index (χ4v) is 4.17. The Hall–Kier alpha value is -2.79. The van der Waals surface area contributed by atoms with Gasteiger partial charge in [0.05, 0.1) is 18.4 Å². The Bertz CT molecular complexity index is 976. The second-order valence-electron chi connectivity index (χ2n) is 7.52. The molecule has 2 aliphatic rings. The highest BCUT2D eigenvalue weighted by Crippen LogP contribution is 2.38. The first-order valence-corrected chi connectivity index (χ1v) is 10.2. The van der Waals surface area contributed by atoms with Gasteiger partial charge in [0.1, 0.15) is 10.8 Å². The number of carbonyl (C=O) groups is 2. The zero-order chi connectivity index (χ0) is 20.5. The quantitative estimate of drug-likeness (QED) is 0.698. The Morgan fingerprint density at radius 2 is 1.55 bits per heavy atom. The number of piperidine rings is 1. The molecule has 1 saturated heterocycles. The number of carbonyl (C=O) groups excluding carboxylic acids is 2. The predicted octanol–water partition coefficient (Wildman–Crippen LogP) is 4.45. The van der Waals surface area contributed by atoms with Crippen molar-refractivity contribution in [1.29, 1.82) is 0 Å². The lowest BCUT2D eigenvalue weighted by Crippen LogP contribution is -2.33. The van der Waals surface area contributed by atoms with E-state index in [0.29, 0.717) is 17.0 Å². The summed E-state index contributed by atoms with van der Waals surface area (Å²) in [6.45, 7) is 4.32.